The molecule has 0 aromatic heterocycles. The van der Waals surface area contributed by atoms with Crippen LogP contribution in [0.5, 0.6) is 0 Å². The Morgan fingerprint density at radius 3 is 3.08 bits per heavy atom. The molecule has 5 atom stereocenters. The summed E-state index contributed by atoms with van der Waals surface area (Å²) in [7, 11) is 0. The summed E-state index contributed by atoms with van der Waals surface area (Å²) in [6, 6.07) is 8.77. The maximum absolute atomic E-state index is 9.46. The van der Waals surface area contributed by atoms with E-state index in [1.54, 1.807) is 0 Å². The highest BCUT2D eigenvalue weighted by molar-refractivity contribution is 5.64. The zero-order valence-electron chi connectivity index (χ0n) is 14.2. The molecule has 0 aliphatic carbocycles. The Kier molecular flexibility index (Phi) is 3.27. The van der Waals surface area contributed by atoms with Crippen LogP contribution in [0, 0.1) is 11.8 Å². The van der Waals surface area contributed by atoms with Gasteiger partial charge in [-0.1, -0.05) is 25.1 Å². The molecule has 24 heavy (non-hydrogen) atoms. The van der Waals surface area contributed by atoms with Gasteiger partial charge >= 0.3 is 0 Å². The lowest BCUT2D eigenvalue weighted by Gasteiger charge is -2.56. The smallest absolute Gasteiger partial charge is 0.190 e. The monoisotopic (exact) mass is 330 g/mol. The summed E-state index contributed by atoms with van der Waals surface area (Å²) in [5, 5.41) is 13.2. The average Bonchev–Trinajstić information content (AvgIpc) is 3.09. The van der Waals surface area contributed by atoms with E-state index in [9.17, 15) is 5.11 Å². The van der Waals surface area contributed by atoms with E-state index in [0.29, 0.717) is 18.6 Å². The van der Waals surface area contributed by atoms with Gasteiger partial charge in [0.25, 0.3) is 0 Å². The molecule has 1 aromatic rings. The van der Waals surface area contributed by atoms with Gasteiger partial charge in [0.1, 0.15) is 5.60 Å². The first kappa shape index (κ1) is 15.1. The van der Waals surface area contributed by atoms with Crippen molar-refractivity contribution in [3.05, 3.63) is 29.8 Å². The standard InChI is InChI=1S/C19H26N2O3/c1-13-11-21-8-7-18-15-4-2-3-5-16(15)20-19(18,24-12-23-18)17(21)10-14(13)6-9-22/h2-5,13-14,17,20,22H,6-12H2,1H3/t13-,14-,17-,18-,19-/m0/s1. The van der Waals surface area contributed by atoms with E-state index in [4.69, 9.17) is 9.47 Å². The van der Waals surface area contributed by atoms with Crippen LogP contribution in [0.15, 0.2) is 24.3 Å². The number of benzene rings is 1. The number of aliphatic hydroxyl groups excluding tert-OH is 1. The van der Waals surface area contributed by atoms with Crippen molar-refractivity contribution in [1.82, 2.24) is 4.90 Å². The molecule has 0 unspecified atom stereocenters. The Hall–Kier alpha value is -1.14. The van der Waals surface area contributed by atoms with Gasteiger partial charge in [0.15, 0.2) is 12.5 Å². The Labute approximate surface area is 142 Å². The van der Waals surface area contributed by atoms with Crippen molar-refractivity contribution in [3.8, 4) is 0 Å². The molecule has 1 aromatic carbocycles. The van der Waals surface area contributed by atoms with Gasteiger partial charge in [-0.2, -0.15) is 0 Å². The van der Waals surface area contributed by atoms with E-state index >= 15 is 0 Å². The number of para-hydroxylation sites is 1. The highest BCUT2D eigenvalue weighted by Gasteiger charge is 2.70. The summed E-state index contributed by atoms with van der Waals surface area (Å²) >= 11 is 0. The molecule has 3 fully saturated rings. The minimum atomic E-state index is -0.483. The predicted molar refractivity (Wildman–Crippen MR) is 90.5 cm³/mol. The van der Waals surface area contributed by atoms with Crippen LogP contribution in [0.3, 0.4) is 0 Å². The molecule has 3 saturated heterocycles. The molecular formula is C19H26N2O3. The van der Waals surface area contributed by atoms with Gasteiger partial charge in [0, 0.05) is 30.9 Å². The fraction of sp³-hybridized carbons (Fsp3) is 0.684. The van der Waals surface area contributed by atoms with Gasteiger partial charge in [-0.25, -0.2) is 0 Å². The number of nitrogens with one attached hydrogen (secondary N) is 1. The molecule has 0 bridgehead atoms. The topological polar surface area (TPSA) is 54.0 Å². The molecule has 4 aliphatic rings. The van der Waals surface area contributed by atoms with Crippen LogP contribution in [0.1, 0.15) is 31.7 Å². The molecule has 5 rings (SSSR count). The molecule has 2 N–H and O–H groups in total. The van der Waals surface area contributed by atoms with E-state index < -0.39 is 5.72 Å². The fourth-order valence-corrected chi connectivity index (χ4v) is 5.70. The second kappa shape index (κ2) is 5.18. The Bertz CT molecular complexity index is 653. The zero-order valence-corrected chi connectivity index (χ0v) is 14.2. The highest BCUT2D eigenvalue weighted by Crippen LogP contribution is 2.60. The Morgan fingerprint density at radius 2 is 2.21 bits per heavy atom. The first-order valence-electron chi connectivity index (χ1n) is 9.21. The second-order valence-electron chi connectivity index (χ2n) is 7.89. The number of anilines is 1. The first-order valence-corrected chi connectivity index (χ1v) is 9.21. The van der Waals surface area contributed by atoms with Crippen LogP contribution in [0.4, 0.5) is 5.69 Å². The lowest BCUT2D eigenvalue weighted by Crippen LogP contribution is -2.70. The van der Waals surface area contributed by atoms with Crippen LogP contribution < -0.4 is 5.32 Å². The SMILES string of the molecule is C[C@H]1CN2CC[C@@]34OCO[C@@]3(Nc3ccccc34)[C@@H]2C[C@@H]1CCO. The summed E-state index contributed by atoms with van der Waals surface area (Å²) in [5.74, 6) is 1.15. The number of hydrogen-bond donors (Lipinski definition) is 2. The van der Waals surface area contributed by atoms with Gasteiger partial charge < -0.3 is 19.9 Å². The summed E-state index contributed by atoms with van der Waals surface area (Å²) in [6.45, 7) is 5.06. The Balaban J connectivity index is 1.57. The first-order chi connectivity index (χ1) is 11.7. The van der Waals surface area contributed by atoms with E-state index in [1.807, 2.05) is 0 Å². The summed E-state index contributed by atoms with van der Waals surface area (Å²) in [6.07, 6.45) is 2.89. The van der Waals surface area contributed by atoms with Crippen molar-refractivity contribution < 1.29 is 14.6 Å². The molecule has 0 amide bonds. The number of aliphatic hydroxyl groups is 1. The van der Waals surface area contributed by atoms with Gasteiger partial charge in [0.2, 0.25) is 0 Å². The summed E-state index contributed by atoms with van der Waals surface area (Å²) < 4.78 is 12.6. The maximum atomic E-state index is 9.46. The third-order valence-corrected chi connectivity index (χ3v) is 6.89. The van der Waals surface area contributed by atoms with Crippen LogP contribution in [-0.2, 0) is 15.1 Å². The molecule has 0 radical (unpaired) electrons. The Morgan fingerprint density at radius 1 is 1.33 bits per heavy atom. The zero-order chi connectivity index (χ0) is 16.4. The maximum Gasteiger partial charge on any atom is 0.190 e. The average molecular weight is 330 g/mol. The van der Waals surface area contributed by atoms with Crippen molar-refractivity contribution in [2.45, 2.75) is 43.6 Å². The number of piperidine rings is 2. The van der Waals surface area contributed by atoms with Gasteiger partial charge in [0.05, 0.1) is 6.04 Å². The quantitative estimate of drug-likeness (QED) is 0.870. The number of rotatable bonds is 2. The number of hydrogen-bond acceptors (Lipinski definition) is 5. The van der Waals surface area contributed by atoms with Crippen LogP contribution in [0.2, 0.25) is 0 Å². The third kappa shape index (κ3) is 1.74. The lowest BCUT2D eigenvalue weighted by atomic mass is 9.69. The highest BCUT2D eigenvalue weighted by atomic mass is 16.7. The van der Waals surface area contributed by atoms with E-state index in [0.717, 1.165) is 38.0 Å². The van der Waals surface area contributed by atoms with Gasteiger partial charge in [-0.3, -0.25) is 4.90 Å². The predicted octanol–water partition coefficient (Wildman–Crippen LogP) is 2.12. The van der Waals surface area contributed by atoms with Crippen molar-refractivity contribution >= 4 is 5.69 Å². The fourth-order valence-electron chi connectivity index (χ4n) is 5.70. The van der Waals surface area contributed by atoms with E-state index in [1.165, 1.54) is 5.56 Å². The van der Waals surface area contributed by atoms with Gasteiger partial charge in [-0.15, -0.1) is 0 Å². The lowest BCUT2D eigenvalue weighted by molar-refractivity contribution is -0.147. The molecule has 5 nitrogen and oxygen atoms in total. The third-order valence-electron chi connectivity index (χ3n) is 6.89. The van der Waals surface area contributed by atoms with E-state index in [-0.39, 0.29) is 18.2 Å². The molecule has 4 heterocycles. The largest absolute Gasteiger partial charge is 0.396 e. The number of fused-ring (bicyclic) bond motifs is 2. The van der Waals surface area contributed by atoms with Crippen molar-refractivity contribution in [3.63, 3.8) is 0 Å². The molecular weight excluding hydrogens is 304 g/mol. The summed E-state index contributed by atoms with van der Waals surface area (Å²) in [4.78, 5) is 2.59. The van der Waals surface area contributed by atoms with Crippen molar-refractivity contribution in [2.75, 3.05) is 31.8 Å². The molecule has 4 aliphatic heterocycles. The molecule has 0 saturated carbocycles. The second-order valence-corrected chi connectivity index (χ2v) is 7.89. The molecule has 5 heteroatoms. The number of ether oxygens (including phenoxy) is 2. The summed E-state index contributed by atoms with van der Waals surface area (Å²) in [5.41, 5.74) is 1.55. The van der Waals surface area contributed by atoms with Gasteiger partial charge in [-0.05, 0) is 37.2 Å². The van der Waals surface area contributed by atoms with Crippen LogP contribution in [-0.4, -0.2) is 48.3 Å². The van der Waals surface area contributed by atoms with E-state index in [2.05, 4.69) is 41.4 Å². The molecule has 0 spiro atoms. The molecule has 130 valence electrons. The number of nitrogens with zero attached hydrogens (tertiary/aromatic N) is 1. The van der Waals surface area contributed by atoms with Crippen LogP contribution >= 0.6 is 0 Å². The minimum absolute atomic E-state index is 0.269. The minimum Gasteiger partial charge on any atom is -0.396 e. The van der Waals surface area contributed by atoms with Crippen molar-refractivity contribution in [2.24, 2.45) is 11.8 Å². The normalized spacial score (nSPS) is 43.5. The van der Waals surface area contributed by atoms with Crippen molar-refractivity contribution in [1.29, 1.82) is 0 Å². The van der Waals surface area contributed by atoms with Crippen LogP contribution in [0.25, 0.3) is 0 Å².